The summed E-state index contributed by atoms with van der Waals surface area (Å²) in [4.78, 5) is 61.6. The lowest BCUT2D eigenvalue weighted by Gasteiger charge is -2.41. The number of anilines is 2. The first kappa shape index (κ1) is 57.7. The van der Waals surface area contributed by atoms with Gasteiger partial charge in [-0.2, -0.15) is 0 Å². The van der Waals surface area contributed by atoms with E-state index in [-0.39, 0.29) is 46.2 Å². The van der Waals surface area contributed by atoms with Gasteiger partial charge in [-0.25, -0.2) is 24.0 Å². The zero-order chi connectivity index (χ0) is 56.6. The van der Waals surface area contributed by atoms with E-state index in [1.807, 2.05) is 127 Å². The number of amides is 2. The summed E-state index contributed by atoms with van der Waals surface area (Å²) >= 11 is 0. The first-order chi connectivity index (χ1) is 38.5. The maximum absolute atomic E-state index is 12.4. The van der Waals surface area contributed by atoms with E-state index in [4.69, 9.17) is 23.7 Å². The molecule has 6 bridgehead atoms. The lowest BCUT2D eigenvalue weighted by molar-refractivity contribution is -0.0304. The van der Waals surface area contributed by atoms with Gasteiger partial charge >= 0.3 is 30.1 Å². The van der Waals surface area contributed by atoms with E-state index in [1.165, 1.54) is 19.3 Å². The highest BCUT2D eigenvalue weighted by atomic mass is 16.6. The van der Waals surface area contributed by atoms with Crippen LogP contribution in [0.2, 0.25) is 0 Å². The Labute approximate surface area is 473 Å². The highest BCUT2D eigenvalue weighted by molar-refractivity contribution is 5.90. The second kappa shape index (κ2) is 25.2. The van der Waals surface area contributed by atoms with Crippen molar-refractivity contribution in [2.45, 2.75) is 99.5 Å². The maximum Gasteiger partial charge on any atom is 0.411 e. The molecule has 6 aliphatic carbocycles. The molecule has 0 spiro atoms. The van der Waals surface area contributed by atoms with Crippen LogP contribution in [0.4, 0.5) is 21.0 Å². The quantitative estimate of drug-likeness (QED) is 0.0764. The smallest absolute Gasteiger partial charge is 0.411 e. The van der Waals surface area contributed by atoms with Crippen molar-refractivity contribution in [1.82, 2.24) is 0 Å². The maximum atomic E-state index is 12.4. The SMILES string of the molecule is CC1C2CC(COC(=O)Nc3ccccc3)(CC2COC(=O)c2ccccc2)C1C.CC1C2CC(COC(=O)c3ccccc3)C(COC(=O)Nc3ccccc3)(C2)C1C.CC1C2CCC(C(C)OC(=O)c3ccccc3)(C2)C1C. The van der Waals surface area contributed by atoms with Gasteiger partial charge in [0, 0.05) is 33.5 Å². The van der Waals surface area contributed by atoms with E-state index in [2.05, 4.69) is 59.1 Å². The number of rotatable bonds is 15. The number of fused-ring (bicyclic) bond motifs is 6. The Kier molecular flexibility index (Phi) is 18.2. The van der Waals surface area contributed by atoms with Crippen LogP contribution in [0.25, 0.3) is 0 Å². The molecule has 2 N–H and O–H groups in total. The monoisotopic (exact) mass is 1090 g/mol. The molecule has 6 saturated carbocycles. The standard InChI is InChI=1S/2C25H29NO4.C18H24O2/c1-17-18(2)25(16-30-24(28)26-21-11-7-4-8-12-21)13-20(22(17)14-25)15-29-23(27)19-9-5-3-6-10-19;1-17-18(2)25(16-30-24(28)26-22-11-7-4-8-12-22)14-20(17)13-21(25)15-29-23(27)19-9-5-3-6-10-19;1-12-13(2)18(10-9-16(12)11-18)14(3)20-17(19)15-7-5-4-6-8-15/h3-12,17-18,20,22H,13-16H2,1-2H3,(H,26,28);3-12,17-18,20-21H,13-16H2,1-2H3,(H,26,28);4-8,12-14,16H,9-11H2,1-3H3. The van der Waals surface area contributed by atoms with Gasteiger partial charge in [-0.1, -0.05) is 133 Å². The van der Waals surface area contributed by atoms with Crippen LogP contribution >= 0.6 is 0 Å². The van der Waals surface area contributed by atoms with Crippen molar-refractivity contribution in [2.75, 3.05) is 37.1 Å². The first-order valence-corrected chi connectivity index (χ1v) is 29.2. The largest absolute Gasteiger partial charge is 0.462 e. The molecule has 0 aliphatic heterocycles. The number of ether oxygens (including phenoxy) is 5. The number of benzene rings is 5. The molecule has 15 atom stereocenters. The molecule has 6 aliphatic rings. The Hall–Kier alpha value is -6.95. The molecule has 0 aromatic heterocycles. The van der Waals surface area contributed by atoms with Crippen LogP contribution in [0.3, 0.4) is 0 Å². The molecule has 5 aromatic carbocycles. The Bertz CT molecular complexity index is 2870. The zero-order valence-electron chi connectivity index (χ0n) is 47.7. The molecule has 12 nitrogen and oxygen atoms in total. The molecule has 424 valence electrons. The highest BCUT2D eigenvalue weighted by Crippen LogP contribution is 2.65. The molecular formula is C68H82N2O10. The summed E-state index contributed by atoms with van der Waals surface area (Å²) in [7, 11) is 0. The van der Waals surface area contributed by atoms with Gasteiger partial charge in [0.25, 0.3) is 0 Å². The number of nitrogens with one attached hydrogen (secondary N) is 2. The normalized spacial score (nSPS) is 31.3. The van der Waals surface area contributed by atoms with Crippen LogP contribution in [0, 0.1) is 81.3 Å². The van der Waals surface area contributed by atoms with E-state index in [0.29, 0.717) is 96.1 Å². The fraction of sp³-hybridized carbons (Fsp3) is 0.485. The van der Waals surface area contributed by atoms with Gasteiger partial charge in [0.2, 0.25) is 0 Å². The lowest BCUT2D eigenvalue weighted by atomic mass is 9.66. The van der Waals surface area contributed by atoms with Crippen LogP contribution in [-0.2, 0) is 23.7 Å². The third-order valence-corrected chi connectivity index (χ3v) is 20.9. The molecule has 11 rings (SSSR count). The predicted octanol–water partition coefficient (Wildman–Crippen LogP) is 15.1. The van der Waals surface area contributed by atoms with Crippen molar-refractivity contribution in [3.05, 3.63) is 168 Å². The van der Waals surface area contributed by atoms with Gasteiger partial charge in [0.05, 0.1) is 43.1 Å². The zero-order valence-corrected chi connectivity index (χ0v) is 47.7. The van der Waals surface area contributed by atoms with Gasteiger partial charge in [-0.05, 0) is 172 Å². The number of hydrogen-bond donors (Lipinski definition) is 2. The first-order valence-electron chi connectivity index (χ1n) is 29.2. The van der Waals surface area contributed by atoms with E-state index >= 15 is 0 Å². The summed E-state index contributed by atoms with van der Waals surface area (Å²) in [5.74, 6) is 5.05. The average molecular weight is 1090 g/mol. The van der Waals surface area contributed by atoms with Crippen LogP contribution in [0.15, 0.2) is 152 Å². The van der Waals surface area contributed by atoms with Gasteiger partial charge < -0.3 is 23.7 Å². The van der Waals surface area contributed by atoms with E-state index in [0.717, 1.165) is 43.2 Å². The molecule has 0 saturated heterocycles. The van der Waals surface area contributed by atoms with Crippen molar-refractivity contribution in [3.63, 3.8) is 0 Å². The molecule has 6 fully saturated rings. The predicted molar refractivity (Wildman–Crippen MR) is 310 cm³/mol. The van der Waals surface area contributed by atoms with Crippen molar-refractivity contribution in [2.24, 2.45) is 81.3 Å². The number of carbonyl (C=O) groups excluding carboxylic acids is 5. The Balaban J connectivity index is 0.000000148. The fourth-order valence-corrected chi connectivity index (χ4v) is 15.5. The number of para-hydroxylation sites is 2. The molecule has 0 radical (unpaired) electrons. The summed E-state index contributed by atoms with van der Waals surface area (Å²) in [5.41, 5.74) is 3.27. The van der Waals surface area contributed by atoms with Gasteiger partial charge in [0.15, 0.2) is 0 Å². The third kappa shape index (κ3) is 12.5. The van der Waals surface area contributed by atoms with Crippen molar-refractivity contribution >= 4 is 41.5 Å². The molecule has 5 aromatic rings. The molecule has 12 heteroatoms. The van der Waals surface area contributed by atoms with Crippen molar-refractivity contribution < 1.29 is 47.7 Å². The fourth-order valence-electron chi connectivity index (χ4n) is 15.5. The minimum atomic E-state index is -0.439. The molecule has 15 unspecified atom stereocenters. The highest BCUT2D eigenvalue weighted by Gasteiger charge is 2.61. The van der Waals surface area contributed by atoms with Crippen molar-refractivity contribution in [1.29, 1.82) is 0 Å². The van der Waals surface area contributed by atoms with Crippen LogP contribution < -0.4 is 10.6 Å². The minimum absolute atomic E-state index is 0.0140. The summed E-state index contributed by atoms with van der Waals surface area (Å²) in [6.07, 6.45) is 6.87. The molecule has 0 heterocycles. The summed E-state index contributed by atoms with van der Waals surface area (Å²) in [5, 5.41) is 5.57. The number of esters is 3. The number of carbonyl (C=O) groups is 5. The molecular weight excluding hydrogens is 1000 g/mol. The second-order valence-corrected chi connectivity index (χ2v) is 24.5. The van der Waals surface area contributed by atoms with Gasteiger partial charge in [-0.3, -0.25) is 10.6 Å². The summed E-state index contributed by atoms with van der Waals surface area (Å²) < 4.78 is 28.5. The second-order valence-electron chi connectivity index (χ2n) is 24.5. The Morgan fingerprint density at radius 2 is 0.975 bits per heavy atom. The minimum Gasteiger partial charge on any atom is -0.462 e. The van der Waals surface area contributed by atoms with Gasteiger partial charge in [0.1, 0.15) is 6.10 Å². The lowest BCUT2D eigenvalue weighted by Crippen LogP contribution is -2.42. The van der Waals surface area contributed by atoms with Crippen LogP contribution in [0.1, 0.15) is 124 Å². The van der Waals surface area contributed by atoms with Crippen LogP contribution in [0.5, 0.6) is 0 Å². The van der Waals surface area contributed by atoms with Crippen LogP contribution in [-0.4, -0.2) is 62.6 Å². The van der Waals surface area contributed by atoms with Crippen molar-refractivity contribution in [3.8, 4) is 0 Å². The third-order valence-electron chi connectivity index (χ3n) is 20.9. The summed E-state index contributed by atoms with van der Waals surface area (Å²) in [6, 6.07) is 46.1. The summed E-state index contributed by atoms with van der Waals surface area (Å²) in [6.45, 7) is 17.4. The van der Waals surface area contributed by atoms with E-state index in [9.17, 15) is 24.0 Å². The topological polar surface area (TPSA) is 156 Å². The Morgan fingerprint density at radius 3 is 1.48 bits per heavy atom. The van der Waals surface area contributed by atoms with E-state index in [1.54, 1.807) is 24.3 Å². The molecule has 80 heavy (non-hydrogen) atoms. The molecule has 2 amide bonds. The Morgan fingerprint density at radius 1 is 0.500 bits per heavy atom. The van der Waals surface area contributed by atoms with E-state index < -0.39 is 12.2 Å². The van der Waals surface area contributed by atoms with Gasteiger partial charge in [-0.15, -0.1) is 0 Å². The number of hydrogen-bond acceptors (Lipinski definition) is 10. The average Bonchev–Trinajstić information content (AvgIpc) is 4.35.